The van der Waals surface area contributed by atoms with Crippen molar-refractivity contribution >= 4 is 18.0 Å². The maximum Gasteiger partial charge on any atom is 0.387 e. The molecule has 8 nitrogen and oxygen atoms in total. The normalized spacial score (nSPS) is 17.8. The third-order valence-electron chi connectivity index (χ3n) is 5.76. The Hall–Kier alpha value is -3.83. The zero-order chi connectivity index (χ0) is 26.9. The van der Waals surface area contributed by atoms with Gasteiger partial charge in [-0.2, -0.15) is 22.7 Å². The Bertz CT molecular complexity index is 1090. The van der Waals surface area contributed by atoms with Crippen LogP contribution in [0.25, 0.3) is 0 Å². The summed E-state index contributed by atoms with van der Waals surface area (Å²) in [5, 5.41) is 3.70. The molecule has 1 heterocycles. The quantitative estimate of drug-likeness (QED) is 0.273. The second kappa shape index (κ2) is 12.9. The summed E-state index contributed by atoms with van der Waals surface area (Å²) in [6.07, 6.45) is 4.03. The number of hydrogen-bond acceptors (Lipinski definition) is 6. The molecule has 0 aromatic heterocycles. The number of benzene rings is 2. The van der Waals surface area contributed by atoms with E-state index in [0.29, 0.717) is 5.75 Å². The molecule has 2 unspecified atom stereocenters. The monoisotopic (exact) mass is 525 g/mol. The van der Waals surface area contributed by atoms with Crippen LogP contribution < -0.4 is 19.6 Å². The minimum Gasteiger partial charge on any atom is -0.484 e. The number of piperidine rings is 1. The van der Waals surface area contributed by atoms with Crippen LogP contribution in [-0.2, 0) is 4.79 Å². The number of nitrogens with zero attached hydrogens (tertiary/aromatic N) is 2. The lowest BCUT2D eigenvalue weighted by Crippen LogP contribution is -2.49. The largest absolute Gasteiger partial charge is 0.484 e. The molecule has 200 valence electrons. The van der Waals surface area contributed by atoms with Gasteiger partial charge in [-0.1, -0.05) is 0 Å². The van der Waals surface area contributed by atoms with E-state index in [-0.39, 0.29) is 41.5 Å². The second-order valence-corrected chi connectivity index (χ2v) is 8.40. The van der Waals surface area contributed by atoms with Crippen LogP contribution in [0.2, 0.25) is 0 Å². The van der Waals surface area contributed by atoms with Gasteiger partial charge in [-0.3, -0.25) is 9.59 Å². The number of carbonyl (C=O) groups excluding carboxylic acids is 2. The molecule has 2 aromatic rings. The number of alkyl halides is 4. The van der Waals surface area contributed by atoms with E-state index < -0.39 is 24.9 Å². The highest BCUT2D eigenvalue weighted by Gasteiger charge is 2.29. The molecule has 1 N–H and O–H groups in total. The van der Waals surface area contributed by atoms with Crippen LogP contribution in [0.1, 0.15) is 49.0 Å². The van der Waals surface area contributed by atoms with Crippen molar-refractivity contribution in [2.45, 2.75) is 58.4 Å². The van der Waals surface area contributed by atoms with Gasteiger partial charge >= 0.3 is 13.2 Å². The minimum absolute atomic E-state index is 0.00651. The van der Waals surface area contributed by atoms with Crippen molar-refractivity contribution in [3.8, 4) is 17.2 Å². The number of likely N-dealkylation sites (tertiary alicyclic amines) is 1. The van der Waals surface area contributed by atoms with Crippen molar-refractivity contribution in [1.82, 2.24) is 10.3 Å². The highest BCUT2D eigenvalue weighted by Crippen LogP contribution is 2.27. The summed E-state index contributed by atoms with van der Waals surface area (Å²) in [4.78, 5) is 26.8. The number of hydrogen-bond donors (Lipinski definition) is 1. The first-order chi connectivity index (χ1) is 17.6. The molecular formula is C25H27F4N3O5. The molecule has 2 atom stereocenters. The molecule has 1 aliphatic heterocycles. The van der Waals surface area contributed by atoms with E-state index in [9.17, 15) is 27.2 Å². The molecule has 1 fully saturated rings. The van der Waals surface area contributed by atoms with Gasteiger partial charge in [0.15, 0.2) is 6.61 Å². The van der Waals surface area contributed by atoms with E-state index in [1.165, 1.54) is 30.3 Å². The van der Waals surface area contributed by atoms with Crippen molar-refractivity contribution < 1.29 is 41.4 Å². The molecule has 12 heteroatoms. The summed E-state index contributed by atoms with van der Waals surface area (Å²) in [6, 6.07) is 9.47. The third-order valence-corrected chi connectivity index (χ3v) is 5.76. The average molecular weight is 525 g/mol. The topological polar surface area (TPSA) is 89.5 Å². The summed E-state index contributed by atoms with van der Waals surface area (Å²) in [6.45, 7) is -2.43. The zero-order valence-electron chi connectivity index (χ0n) is 20.2. The summed E-state index contributed by atoms with van der Waals surface area (Å²) < 4.78 is 64.1. The smallest absolute Gasteiger partial charge is 0.387 e. The molecule has 0 aliphatic carbocycles. The second-order valence-electron chi connectivity index (χ2n) is 8.40. The van der Waals surface area contributed by atoms with Gasteiger partial charge in [0, 0.05) is 29.3 Å². The molecule has 37 heavy (non-hydrogen) atoms. The summed E-state index contributed by atoms with van der Waals surface area (Å²) in [5.41, 5.74) is 2.45. The number of rotatable bonds is 10. The Labute approximate surface area is 211 Å². The Morgan fingerprint density at radius 1 is 1.00 bits per heavy atom. The maximum absolute atomic E-state index is 12.7. The zero-order valence-corrected chi connectivity index (χ0v) is 20.2. The fourth-order valence-electron chi connectivity index (χ4n) is 4.06. The van der Waals surface area contributed by atoms with Crippen LogP contribution in [-0.4, -0.2) is 54.8 Å². The average Bonchev–Trinajstić information content (AvgIpc) is 2.83. The Morgan fingerprint density at radius 3 is 2.24 bits per heavy atom. The van der Waals surface area contributed by atoms with Gasteiger partial charge in [-0.05, 0) is 69.5 Å². The van der Waals surface area contributed by atoms with Crippen LogP contribution in [0.15, 0.2) is 47.6 Å². The number of hydrazone groups is 1. The predicted octanol–water partition coefficient (Wildman–Crippen LogP) is 4.82. The molecule has 2 amide bonds. The molecule has 0 bridgehead atoms. The highest BCUT2D eigenvalue weighted by atomic mass is 19.3. The molecule has 0 saturated carbocycles. The van der Waals surface area contributed by atoms with Gasteiger partial charge < -0.3 is 19.1 Å². The SMILES string of the molecule is CC1CCCC(C)N1C(=O)COc1ccc(C(=O)NN=Cc2ccc(OC(F)F)cc2OC(F)F)cc1. The van der Waals surface area contributed by atoms with Crippen molar-refractivity contribution in [2.24, 2.45) is 5.10 Å². The van der Waals surface area contributed by atoms with Crippen molar-refractivity contribution in [2.75, 3.05) is 6.61 Å². The fourth-order valence-corrected chi connectivity index (χ4v) is 4.06. The van der Waals surface area contributed by atoms with Gasteiger partial charge in [-0.15, -0.1) is 0 Å². The number of nitrogens with one attached hydrogen (secondary N) is 1. The van der Waals surface area contributed by atoms with E-state index in [1.54, 1.807) is 0 Å². The van der Waals surface area contributed by atoms with E-state index in [1.807, 2.05) is 18.7 Å². The first-order valence-corrected chi connectivity index (χ1v) is 11.5. The van der Waals surface area contributed by atoms with Crippen LogP contribution in [0.4, 0.5) is 17.6 Å². The van der Waals surface area contributed by atoms with Gasteiger partial charge in [0.25, 0.3) is 11.8 Å². The Morgan fingerprint density at radius 2 is 1.62 bits per heavy atom. The molecular weight excluding hydrogens is 498 g/mol. The first-order valence-electron chi connectivity index (χ1n) is 11.5. The van der Waals surface area contributed by atoms with E-state index in [4.69, 9.17) is 4.74 Å². The molecule has 1 saturated heterocycles. The molecule has 0 radical (unpaired) electrons. The van der Waals surface area contributed by atoms with Crippen LogP contribution in [0.3, 0.4) is 0 Å². The van der Waals surface area contributed by atoms with E-state index >= 15 is 0 Å². The van der Waals surface area contributed by atoms with Crippen LogP contribution in [0.5, 0.6) is 17.2 Å². The van der Waals surface area contributed by atoms with Gasteiger partial charge in [-0.25, -0.2) is 5.43 Å². The lowest BCUT2D eigenvalue weighted by atomic mass is 9.97. The van der Waals surface area contributed by atoms with Gasteiger partial charge in [0.1, 0.15) is 17.2 Å². The van der Waals surface area contributed by atoms with Gasteiger partial charge in [0.2, 0.25) is 0 Å². The maximum atomic E-state index is 12.7. The van der Waals surface area contributed by atoms with Crippen molar-refractivity contribution in [3.63, 3.8) is 0 Å². The summed E-state index contributed by atoms with van der Waals surface area (Å²) in [5.74, 6) is -1.14. The third kappa shape index (κ3) is 8.09. The van der Waals surface area contributed by atoms with Gasteiger partial charge in [0.05, 0.1) is 6.21 Å². The molecule has 0 spiro atoms. The van der Waals surface area contributed by atoms with Crippen molar-refractivity contribution in [3.05, 3.63) is 53.6 Å². The Kier molecular flexibility index (Phi) is 9.70. The summed E-state index contributed by atoms with van der Waals surface area (Å²) in [7, 11) is 0. The summed E-state index contributed by atoms with van der Waals surface area (Å²) >= 11 is 0. The molecule has 2 aromatic carbocycles. The number of carbonyl (C=O) groups is 2. The van der Waals surface area contributed by atoms with Crippen molar-refractivity contribution in [1.29, 1.82) is 0 Å². The highest BCUT2D eigenvalue weighted by molar-refractivity contribution is 5.95. The minimum atomic E-state index is -3.22. The standard InChI is InChI=1S/C25H27F4N3O5/c1-15-4-3-5-16(2)32(15)22(33)14-35-19-9-6-17(7-10-19)23(34)31-30-13-18-8-11-20(36-24(26)27)12-21(18)37-25(28)29/h6-13,15-16,24-25H,3-5,14H2,1-2H3,(H,31,34). The predicted molar refractivity (Wildman–Crippen MR) is 126 cm³/mol. The number of amides is 2. The van der Waals surface area contributed by atoms with Crippen LogP contribution >= 0.6 is 0 Å². The fraction of sp³-hybridized carbons (Fsp3) is 0.400. The number of halogens is 4. The van der Waals surface area contributed by atoms with E-state index in [2.05, 4.69) is 20.0 Å². The lowest BCUT2D eigenvalue weighted by molar-refractivity contribution is -0.139. The Balaban J connectivity index is 1.56. The van der Waals surface area contributed by atoms with Crippen LogP contribution in [0, 0.1) is 0 Å². The first kappa shape index (κ1) is 27.8. The lowest BCUT2D eigenvalue weighted by Gasteiger charge is -2.38. The van der Waals surface area contributed by atoms with E-state index in [0.717, 1.165) is 37.6 Å². The molecule has 1 aliphatic rings. The number of ether oxygens (including phenoxy) is 3. The molecule has 3 rings (SSSR count).